The van der Waals surface area contributed by atoms with Gasteiger partial charge >= 0.3 is 5.97 Å². The number of ether oxygens (including phenoxy) is 1. The summed E-state index contributed by atoms with van der Waals surface area (Å²) in [4.78, 5) is 23.4. The third-order valence-corrected chi connectivity index (χ3v) is 2.95. The molecule has 1 heterocycles. The minimum absolute atomic E-state index is 0.142. The molecule has 1 amide bonds. The Balaban J connectivity index is 3.03. The number of amides is 1. The number of nitrogens with one attached hydrogen (secondary N) is 1. The number of methoxy groups -OCH3 is 1. The predicted molar refractivity (Wildman–Crippen MR) is 68.4 cm³/mol. The van der Waals surface area contributed by atoms with E-state index in [0.717, 1.165) is 0 Å². The van der Waals surface area contributed by atoms with Crippen molar-refractivity contribution in [1.82, 2.24) is 0 Å². The summed E-state index contributed by atoms with van der Waals surface area (Å²) in [6, 6.07) is 1.64. The molecule has 106 valence electrons. The van der Waals surface area contributed by atoms with E-state index in [0.29, 0.717) is 11.6 Å². The maximum atomic E-state index is 11.8. The zero-order chi connectivity index (χ0) is 14.8. The summed E-state index contributed by atoms with van der Waals surface area (Å²) >= 11 is 0. The molecule has 0 fully saturated rings. The molecular formula is C13H21N2O4+. The maximum absolute atomic E-state index is 11.8. The highest BCUT2D eigenvalue weighted by Gasteiger charge is 2.41. The SMILES string of the molecule is COC(=O)C(C)(C)c1cc(NC(=O)C(C)C)o[n+]1C. The van der Waals surface area contributed by atoms with Crippen LogP contribution in [0.15, 0.2) is 10.6 Å². The van der Waals surface area contributed by atoms with Gasteiger partial charge in [-0.3, -0.25) is 14.9 Å². The van der Waals surface area contributed by atoms with Crippen molar-refractivity contribution in [2.45, 2.75) is 33.1 Å². The van der Waals surface area contributed by atoms with Gasteiger partial charge in [-0.15, -0.1) is 0 Å². The molecule has 6 nitrogen and oxygen atoms in total. The minimum atomic E-state index is -0.853. The molecule has 1 N–H and O–H groups in total. The zero-order valence-corrected chi connectivity index (χ0v) is 12.2. The molecule has 0 bridgehead atoms. The number of hydrogen-bond donors (Lipinski definition) is 1. The van der Waals surface area contributed by atoms with Crippen LogP contribution in [0.4, 0.5) is 5.88 Å². The summed E-state index contributed by atoms with van der Waals surface area (Å²) in [7, 11) is 3.01. The topological polar surface area (TPSA) is 72.4 Å². The van der Waals surface area contributed by atoms with Crippen LogP contribution in [-0.2, 0) is 26.8 Å². The normalized spacial score (nSPS) is 11.5. The van der Waals surface area contributed by atoms with Gasteiger partial charge in [0.05, 0.1) is 13.2 Å². The Morgan fingerprint density at radius 2 is 2.00 bits per heavy atom. The van der Waals surface area contributed by atoms with Crippen LogP contribution in [0.1, 0.15) is 33.4 Å². The first-order valence-corrected chi connectivity index (χ1v) is 6.10. The summed E-state index contributed by atoms with van der Waals surface area (Å²) in [6.45, 7) is 7.05. The summed E-state index contributed by atoms with van der Waals surface area (Å²) in [5, 5.41) is 2.65. The van der Waals surface area contributed by atoms with Crippen molar-refractivity contribution >= 4 is 17.8 Å². The monoisotopic (exact) mass is 269 g/mol. The predicted octanol–water partition coefficient (Wildman–Crippen LogP) is 1.15. The van der Waals surface area contributed by atoms with Crippen molar-refractivity contribution in [2.24, 2.45) is 13.0 Å². The van der Waals surface area contributed by atoms with Crippen molar-refractivity contribution in [3.8, 4) is 0 Å². The molecule has 0 atom stereocenters. The fourth-order valence-corrected chi connectivity index (χ4v) is 1.70. The minimum Gasteiger partial charge on any atom is -0.468 e. The average Bonchev–Trinajstić information content (AvgIpc) is 2.69. The largest absolute Gasteiger partial charge is 0.468 e. The fraction of sp³-hybridized carbons (Fsp3) is 0.615. The molecule has 1 rings (SSSR count). The molecule has 1 aromatic heterocycles. The molecule has 0 aliphatic carbocycles. The van der Waals surface area contributed by atoms with Gasteiger partial charge in [-0.25, -0.2) is 4.52 Å². The van der Waals surface area contributed by atoms with Crippen LogP contribution in [0.2, 0.25) is 0 Å². The van der Waals surface area contributed by atoms with Crippen LogP contribution >= 0.6 is 0 Å². The lowest BCUT2D eigenvalue weighted by Gasteiger charge is -2.14. The van der Waals surface area contributed by atoms with Crippen molar-refractivity contribution in [1.29, 1.82) is 0 Å². The molecular weight excluding hydrogens is 248 g/mol. The molecule has 0 aromatic carbocycles. The van der Waals surface area contributed by atoms with Gasteiger partial charge in [-0.05, 0) is 18.6 Å². The van der Waals surface area contributed by atoms with Crippen molar-refractivity contribution in [2.75, 3.05) is 12.4 Å². The van der Waals surface area contributed by atoms with E-state index in [9.17, 15) is 9.59 Å². The van der Waals surface area contributed by atoms with E-state index in [-0.39, 0.29) is 17.8 Å². The van der Waals surface area contributed by atoms with Crippen LogP contribution in [0.5, 0.6) is 0 Å². The molecule has 0 spiro atoms. The lowest BCUT2D eigenvalue weighted by molar-refractivity contribution is -0.850. The number of carbonyl (C=O) groups excluding carboxylic acids is 2. The van der Waals surface area contributed by atoms with E-state index in [2.05, 4.69) is 5.32 Å². The summed E-state index contributed by atoms with van der Waals surface area (Å²) in [6.07, 6.45) is 0. The van der Waals surface area contributed by atoms with Crippen LogP contribution < -0.4 is 10.1 Å². The number of esters is 1. The highest BCUT2D eigenvalue weighted by molar-refractivity contribution is 5.91. The molecule has 0 aliphatic heterocycles. The third-order valence-electron chi connectivity index (χ3n) is 2.95. The van der Waals surface area contributed by atoms with Gasteiger partial charge in [0.1, 0.15) is 0 Å². The Labute approximate surface area is 112 Å². The molecule has 0 unspecified atom stereocenters. The first kappa shape index (κ1) is 15.2. The molecule has 0 radical (unpaired) electrons. The Kier molecular flexibility index (Phi) is 4.34. The van der Waals surface area contributed by atoms with Crippen LogP contribution in [0.25, 0.3) is 0 Å². The van der Waals surface area contributed by atoms with Crippen LogP contribution in [0, 0.1) is 5.92 Å². The van der Waals surface area contributed by atoms with E-state index in [1.165, 1.54) is 11.8 Å². The number of aromatic nitrogens is 1. The van der Waals surface area contributed by atoms with E-state index >= 15 is 0 Å². The summed E-state index contributed by atoms with van der Waals surface area (Å²) in [5.41, 5.74) is -0.230. The molecule has 6 heteroatoms. The second-order valence-electron chi connectivity index (χ2n) is 5.24. The summed E-state index contributed by atoms with van der Waals surface area (Å²) in [5.74, 6) is -0.344. The average molecular weight is 269 g/mol. The van der Waals surface area contributed by atoms with Gasteiger partial charge < -0.3 is 4.74 Å². The van der Waals surface area contributed by atoms with Gasteiger partial charge in [0.15, 0.2) is 12.5 Å². The van der Waals surface area contributed by atoms with Gasteiger partial charge in [0.25, 0.3) is 5.88 Å². The van der Waals surface area contributed by atoms with Crippen LogP contribution in [-0.4, -0.2) is 19.0 Å². The summed E-state index contributed by atoms with van der Waals surface area (Å²) < 4.78 is 11.6. The Morgan fingerprint density at radius 3 is 2.47 bits per heavy atom. The molecule has 19 heavy (non-hydrogen) atoms. The van der Waals surface area contributed by atoms with Gasteiger partial charge in [-0.2, -0.15) is 0 Å². The van der Waals surface area contributed by atoms with E-state index < -0.39 is 5.41 Å². The Bertz CT molecular complexity index is 489. The number of nitrogens with zero attached hydrogens (tertiary/aromatic N) is 1. The van der Waals surface area contributed by atoms with Crippen molar-refractivity contribution in [3.63, 3.8) is 0 Å². The number of carbonyl (C=O) groups is 2. The molecule has 0 saturated carbocycles. The van der Waals surface area contributed by atoms with Crippen LogP contribution in [0.3, 0.4) is 0 Å². The van der Waals surface area contributed by atoms with Gasteiger partial charge in [0, 0.05) is 5.92 Å². The number of rotatable bonds is 4. The van der Waals surface area contributed by atoms with E-state index in [1.54, 1.807) is 40.8 Å². The van der Waals surface area contributed by atoms with Crippen molar-refractivity contribution < 1.29 is 23.6 Å². The molecule has 0 aliphatic rings. The van der Waals surface area contributed by atoms with Gasteiger partial charge in [0.2, 0.25) is 11.6 Å². The molecule has 0 saturated heterocycles. The first-order chi connectivity index (χ1) is 8.70. The maximum Gasteiger partial charge on any atom is 0.322 e. The van der Waals surface area contributed by atoms with E-state index in [4.69, 9.17) is 9.26 Å². The zero-order valence-electron chi connectivity index (χ0n) is 12.2. The number of hydrogen-bond acceptors (Lipinski definition) is 4. The first-order valence-electron chi connectivity index (χ1n) is 6.10. The standard InChI is InChI=1S/C13H20N2O4/c1-8(2)11(16)14-10-7-9(15(5)19-10)13(3,4)12(17)18-6/h7-8H,1-6H3/p+1. The highest BCUT2D eigenvalue weighted by Crippen LogP contribution is 2.24. The van der Waals surface area contributed by atoms with Gasteiger partial charge in [-0.1, -0.05) is 13.8 Å². The third kappa shape index (κ3) is 3.13. The second-order valence-corrected chi connectivity index (χ2v) is 5.24. The second kappa shape index (κ2) is 5.42. The van der Waals surface area contributed by atoms with E-state index in [1.807, 2.05) is 0 Å². The quantitative estimate of drug-likeness (QED) is 0.657. The smallest absolute Gasteiger partial charge is 0.322 e. The van der Waals surface area contributed by atoms with Crippen molar-refractivity contribution in [3.05, 3.63) is 11.8 Å². The fourth-order valence-electron chi connectivity index (χ4n) is 1.70. The number of aryl methyl sites for hydroxylation is 1. The molecule has 1 aromatic rings. The highest BCUT2D eigenvalue weighted by atomic mass is 16.5. The Hall–Kier alpha value is -1.85. The number of anilines is 1. The Morgan fingerprint density at radius 1 is 1.42 bits per heavy atom. The lowest BCUT2D eigenvalue weighted by Crippen LogP contribution is -2.42. The lowest BCUT2D eigenvalue weighted by atomic mass is 9.89.